The van der Waals surface area contributed by atoms with Gasteiger partial charge in [-0.15, -0.1) is 0 Å². The molecule has 0 amide bonds. The topological polar surface area (TPSA) is 103 Å². The lowest BCUT2D eigenvalue weighted by atomic mass is 9.85. The number of rotatable bonds is 8. The maximum atomic E-state index is 9.58. The van der Waals surface area contributed by atoms with Gasteiger partial charge in [0.1, 0.15) is 0 Å². The zero-order valence-corrected chi connectivity index (χ0v) is 21.4. The molecule has 4 unspecified atom stereocenters. The molecule has 1 aromatic rings. The molecule has 0 saturated carbocycles. The van der Waals surface area contributed by atoms with E-state index in [4.69, 9.17) is 19.5 Å². The van der Waals surface area contributed by atoms with Crippen molar-refractivity contribution in [2.75, 3.05) is 33.5 Å². The Labute approximate surface area is 218 Å². The molecule has 5 heterocycles. The molecule has 4 aliphatic rings. The molecule has 8 heteroatoms. The molecule has 0 radical (unpaired) electrons. The Morgan fingerprint density at radius 2 is 1.59 bits per heavy atom. The SMILES string of the molecule is [2H]C1C(C(C)OCCO)=C2/C=C3/C=CC(=N3)/C=c3/cc/c([nH]3)=C/C3=NC(=C\C1(C(C)OCCO)N2C)/C=C3. The Bertz CT molecular complexity index is 1430. The molecule has 0 saturated heterocycles. The summed E-state index contributed by atoms with van der Waals surface area (Å²) in [7, 11) is 1.95. The molecule has 0 aromatic carbocycles. The van der Waals surface area contributed by atoms with Crippen molar-refractivity contribution < 1.29 is 21.1 Å². The van der Waals surface area contributed by atoms with Crippen LogP contribution in [-0.4, -0.2) is 82.7 Å². The van der Waals surface area contributed by atoms with Gasteiger partial charge in [-0.2, -0.15) is 0 Å². The van der Waals surface area contributed by atoms with Gasteiger partial charge in [0.2, 0.25) is 0 Å². The molecule has 194 valence electrons. The highest BCUT2D eigenvalue weighted by molar-refractivity contribution is 6.20. The van der Waals surface area contributed by atoms with E-state index >= 15 is 0 Å². The smallest absolute Gasteiger partial charge is 0.0902 e. The third-order valence-electron chi connectivity index (χ3n) is 7.00. The maximum Gasteiger partial charge on any atom is 0.0902 e. The van der Waals surface area contributed by atoms with E-state index in [9.17, 15) is 11.6 Å². The minimum atomic E-state index is -0.954. The zero-order chi connectivity index (χ0) is 26.9. The molecule has 3 N–H and O–H groups in total. The van der Waals surface area contributed by atoms with E-state index in [0.29, 0.717) is 0 Å². The Hall–Kier alpha value is -3.30. The van der Waals surface area contributed by atoms with Crippen LogP contribution in [0.25, 0.3) is 12.2 Å². The summed E-state index contributed by atoms with van der Waals surface area (Å²) in [5, 5.41) is 20.8. The second kappa shape index (κ2) is 10.6. The first kappa shape index (κ1) is 24.1. The van der Waals surface area contributed by atoms with Gasteiger partial charge in [-0.3, -0.25) is 0 Å². The highest BCUT2D eigenvalue weighted by Gasteiger charge is 2.47. The summed E-state index contributed by atoms with van der Waals surface area (Å²) in [6.45, 7) is 3.91. The Morgan fingerprint density at radius 3 is 2.27 bits per heavy atom. The average molecular weight is 504 g/mol. The minimum Gasteiger partial charge on any atom is -0.394 e. The molecule has 4 atom stereocenters. The number of allylic oxidation sites excluding steroid dienone is 5. The van der Waals surface area contributed by atoms with Gasteiger partial charge in [-0.1, -0.05) is 0 Å². The number of aliphatic hydroxyl groups excluding tert-OH is 2. The first-order valence-corrected chi connectivity index (χ1v) is 12.6. The van der Waals surface area contributed by atoms with E-state index in [1.807, 2.05) is 81.6 Å². The lowest BCUT2D eigenvalue weighted by Gasteiger charge is -2.41. The highest BCUT2D eigenvalue weighted by atomic mass is 16.5. The Kier molecular flexibility index (Phi) is 6.89. The number of aromatic nitrogens is 1. The number of fused-ring (bicyclic) bond motifs is 6. The number of H-pyrrole nitrogens is 1. The molecular weight excluding hydrogens is 468 g/mol. The van der Waals surface area contributed by atoms with E-state index in [0.717, 1.165) is 44.8 Å². The number of aliphatic imine (C=N–C) groups is 2. The van der Waals surface area contributed by atoms with Crippen molar-refractivity contribution in [3.05, 3.63) is 82.0 Å². The van der Waals surface area contributed by atoms with E-state index < -0.39 is 24.1 Å². The fourth-order valence-electron chi connectivity index (χ4n) is 5.06. The lowest BCUT2D eigenvalue weighted by Crippen LogP contribution is -2.50. The molecule has 0 aliphatic carbocycles. The van der Waals surface area contributed by atoms with Crippen LogP contribution in [0.2, 0.25) is 0 Å². The summed E-state index contributed by atoms with van der Waals surface area (Å²) in [5.74, 6) is 0. The van der Waals surface area contributed by atoms with Crippen LogP contribution < -0.4 is 10.7 Å². The third kappa shape index (κ3) is 5.10. The molecule has 4 aliphatic heterocycles. The van der Waals surface area contributed by atoms with E-state index in [2.05, 4.69) is 9.88 Å². The van der Waals surface area contributed by atoms with Crippen molar-refractivity contribution in [1.82, 2.24) is 9.88 Å². The summed E-state index contributed by atoms with van der Waals surface area (Å²) < 4.78 is 21.6. The molecule has 1 aromatic heterocycles. The molecule has 8 nitrogen and oxygen atoms in total. The second-order valence-electron chi connectivity index (χ2n) is 9.44. The fraction of sp³-hybridized carbons (Fsp3) is 0.379. The van der Waals surface area contributed by atoms with Crippen molar-refractivity contribution >= 4 is 23.6 Å². The largest absolute Gasteiger partial charge is 0.394 e. The van der Waals surface area contributed by atoms with Crippen molar-refractivity contribution in [3.8, 4) is 0 Å². The molecule has 5 rings (SSSR count). The van der Waals surface area contributed by atoms with Gasteiger partial charge in [0.25, 0.3) is 0 Å². The Morgan fingerprint density at radius 1 is 0.973 bits per heavy atom. The first-order chi connectivity index (χ1) is 18.3. The number of aliphatic hydroxyl groups is 2. The summed E-state index contributed by atoms with van der Waals surface area (Å²) in [6.07, 6.45) is 14.1. The van der Waals surface area contributed by atoms with Crippen LogP contribution in [0, 0.1) is 0 Å². The quantitative estimate of drug-likeness (QED) is 0.499. The van der Waals surface area contributed by atoms with Gasteiger partial charge in [0, 0.05) is 31.2 Å². The van der Waals surface area contributed by atoms with Crippen LogP contribution >= 0.6 is 0 Å². The molecular formula is C29H34N4O4. The number of nitrogens with zero attached hydrogens (tertiary/aromatic N) is 3. The second-order valence-corrected chi connectivity index (χ2v) is 9.44. The van der Waals surface area contributed by atoms with Crippen LogP contribution in [0.15, 0.2) is 81.2 Å². The standard InChI is InChI=1S/C29H34N4O4/c1-19(36-12-10-34)27-18-29(20(2)37-13-11-35)17-26-9-8-24(32-26)15-22-5-4-21(30-22)14-23-6-7-25(31-23)16-28(27)33(29)3/h4-9,14-17,19-20,30,34-35H,10-13,18H2,1-3H3/b21-14-,22-15-,25-16-,26-17-/i18D. The number of nitrogens with one attached hydrogen (secondary N) is 1. The summed E-state index contributed by atoms with van der Waals surface area (Å²) in [4.78, 5) is 15.1. The normalized spacial score (nSPS) is 30.9. The predicted molar refractivity (Wildman–Crippen MR) is 145 cm³/mol. The third-order valence-corrected chi connectivity index (χ3v) is 7.00. The van der Waals surface area contributed by atoms with Crippen molar-refractivity contribution in [3.63, 3.8) is 0 Å². The summed E-state index contributed by atoms with van der Waals surface area (Å²) >= 11 is 0. The van der Waals surface area contributed by atoms with E-state index in [-0.39, 0.29) is 26.4 Å². The molecule has 8 bridgehead atoms. The zero-order valence-electron chi connectivity index (χ0n) is 22.4. The minimum absolute atomic E-state index is 0.108. The lowest BCUT2D eigenvalue weighted by molar-refractivity contribution is -0.0277. The Balaban J connectivity index is 1.74. The van der Waals surface area contributed by atoms with Crippen LogP contribution in [0.3, 0.4) is 0 Å². The van der Waals surface area contributed by atoms with Crippen molar-refractivity contribution in [2.24, 2.45) is 9.98 Å². The number of aromatic amines is 1. The fourth-order valence-corrected chi connectivity index (χ4v) is 5.06. The van der Waals surface area contributed by atoms with E-state index in [1.54, 1.807) is 0 Å². The monoisotopic (exact) mass is 503 g/mol. The number of likely N-dealkylation sites (N-methyl/N-ethyl adjacent to an activating group) is 1. The molecule has 37 heavy (non-hydrogen) atoms. The van der Waals surface area contributed by atoms with Crippen LogP contribution in [-0.2, 0) is 9.47 Å². The number of hydrogen-bond acceptors (Lipinski definition) is 7. The van der Waals surface area contributed by atoms with Gasteiger partial charge in [-0.05, 0) is 80.2 Å². The van der Waals surface area contributed by atoms with Crippen molar-refractivity contribution in [2.45, 2.75) is 38.0 Å². The van der Waals surface area contributed by atoms with Crippen LogP contribution in [0.5, 0.6) is 0 Å². The van der Waals surface area contributed by atoms with E-state index in [1.165, 1.54) is 0 Å². The van der Waals surface area contributed by atoms with Gasteiger partial charge < -0.3 is 29.6 Å². The predicted octanol–water partition coefficient (Wildman–Crippen LogP) is 1.50. The molecule has 0 fully saturated rings. The maximum absolute atomic E-state index is 9.58. The number of ether oxygens (including phenoxy) is 2. The van der Waals surface area contributed by atoms with Gasteiger partial charge in [0.05, 0.1) is 67.0 Å². The van der Waals surface area contributed by atoms with Gasteiger partial charge in [-0.25, -0.2) is 9.98 Å². The van der Waals surface area contributed by atoms with Crippen molar-refractivity contribution in [1.29, 1.82) is 0 Å². The molecule has 0 spiro atoms. The first-order valence-electron chi connectivity index (χ1n) is 13.1. The average Bonchev–Trinajstić information content (AvgIpc) is 3.68. The number of hydrogen-bond donors (Lipinski definition) is 3. The summed E-state index contributed by atoms with van der Waals surface area (Å²) in [6, 6.07) is 4.01. The van der Waals surface area contributed by atoms with Crippen LogP contribution in [0.1, 0.15) is 21.6 Å². The highest BCUT2D eigenvalue weighted by Crippen LogP contribution is 2.44. The van der Waals surface area contributed by atoms with Gasteiger partial charge in [0.15, 0.2) is 0 Å². The summed E-state index contributed by atoms with van der Waals surface area (Å²) in [5.41, 5.74) is 3.72. The van der Waals surface area contributed by atoms with Gasteiger partial charge >= 0.3 is 0 Å². The van der Waals surface area contributed by atoms with Crippen LogP contribution in [0.4, 0.5) is 0 Å².